The smallest absolute Gasteiger partial charge is 0.319 e. The molecule has 1 aromatic rings. The molecule has 0 fully saturated rings. The van der Waals surface area contributed by atoms with E-state index in [2.05, 4.69) is 26.6 Å². The summed E-state index contributed by atoms with van der Waals surface area (Å²) in [6.45, 7) is 1.76. The highest BCUT2D eigenvalue weighted by atomic mass is 79.9. The van der Waals surface area contributed by atoms with Gasteiger partial charge in [-0.15, -0.1) is 0 Å². The number of benzene rings is 1. The first-order valence-electron chi connectivity index (χ1n) is 5.66. The van der Waals surface area contributed by atoms with Crippen molar-refractivity contribution in [3.05, 3.63) is 28.5 Å². The monoisotopic (exact) mass is 332 g/mol. The molecule has 0 radical (unpaired) electrons. The van der Waals surface area contributed by atoms with Crippen LogP contribution in [-0.4, -0.2) is 23.1 Å². The quantitative estimate of drug-likeness (QED) is 0.775. The molecule has 1 unspecified atom stereocenters. The fourth-order valence-corrected chi connectivity index (χ4v) is 1.78. The Kier molecular flexibility index (Phi) is 5.75. The molecule has 0 saturated heterocycles. The Morgan fingerprint density at radius 2 is 2.16 bits per heavy atom. The van der Waals surface area contributed by atoms with Crippen molar-refractivity contribution in [1.82, 2.24) is 5.32 Å². The van der Waals surface area contributed by atoms with Crippen molar-refractivity contribution >= 4 is 33.6 Å². The summed E-state index contributed by atoms with van der Waals surface area (Å²) in [6.07, 6.45) is 0.301. The fourth-order valence-electron chi connectivity index (χ4n) is 1.44. The molecule has 0 aliphatic carbocycles. The molecule has 3 N–H and O–H groups in total. The summed E-state index contributed by atoms with van der Waals surface area (Å²) in [6, 6.07) is 3.11. The summed E-state index contributed by atoms with van der Waals surface area (Å²) < 4.78 is 14.0. The van der Waals surface area contributed by atoms with Crippen LogP contribution in [0.4, 0.5) is 14.9 Å². The molecule has 0 aliphatic heterocycles. The van der Waals surface area contributed by atoms with E-state index in [9.17, 15) is 14.0 Å². The van der Waals surface area contributed by atoms with Crippen LogP contribution in [0.15, 0.2) is 22.7 Å². The fraction of sp³-hybridized carbons (Fsp3) is 0.333. The van der Waals surface area contributed by atoms with E-state index in [0.717, 1.165) is 0 Å². The molecule has 1 aromatic carbocycles. The zero-order chi connectivity index (χ0) is 14.4. The van der Waals surface area contributed by atoms with Gasteiger partial charge >= 0.3 is 12.0 Å². The van der Waals surface area contributed by atoms with E-state index in [-0.39, 0.29) is 12.1 Å². The minimum atomic E-state index is -0.998. The van der Waals surface area contributed by atoms with Crippen LogP contribution >= 0.6 is 15.9 Å². The summed E-state index contributed by atoms with van der Waals surface area (Å²) in [5.41, 5.74) is 0.0332. The standard InChI is InChI=1S/C12H14BrFN2O3/c1-2-8(6-11(17)18)15-12(19)16-10-4-3-7(13)5-9(10)14/h3-5,8H,2,6H2,1H3,(H,17,18)(H2,15,16,19). The highest BCUT2D eigenvalue weighted by Gasteiger charge is 2.15. The largest absolute Gasteiger partial charge is 0.481 e. The number of nitrogens with one attached hydrogen (secondary N) is 2. The molecule has 0 spiro atoms. The van der Waals surface area contributed by atoms with Crippen molar-refractivity contribution in [1.29, 1.82) is 0 Å². The van der Waals surface area contributed by atoms with Crippen molar-refractivity contribution in [2.24, 2.45) is 0 Å². The summed E-state index contributed by atoms with van der Waals surface area (Å²) in [5, 5.41) is 13.5. The third kappa shape index (κ3) is 5.25. The third-order valence-corrected chi connectivity index (χ3v) is 2.92. The SMILES string of the molecule is CCC(CC(=O)O)NC(=O)Nc1ccc(Br)cc1F. The van der Waals surface area contributed by atoms with E-state index in [1.807, 2.05) is 0 Å². The number of halogens is 2. The number of carbonyl (C=O) groups is 2. The molecule has 0 bridgehead atoms. The van der Waals surface area contributed by atoms with Crippen LogP contribution in [0.1, 0.15) is 19.8 Å². The average Bonchev–Trinajstić information content (AvgIpc) is 2.31. The number of carbonyl (C=O) groups excluding carboxylic acids is 1. The zero-order valence-electron chi connectivity index (χ0n) is 10.2. The second-order valence-corrected chi connectivity index (χ2v) is 4.84. The van der Waals surface area contributed by atoms with Crippen molar-refractivity contribution in [2.75, 3.05) is 5.32 Å². The molecule has 19 heavy (non-hydrogen) atoms. The molecule has 0 aliphatic rings. The van der Waals surface area contributed by atoms with Gasteiger partial charge in [0.05, 0.1) is 12.1 Å². The number of urea groups is 1. The van der Waals surface area contributed by atoms with E-state index >= 15 is 0 Å². The van der Waals surface area contributed by atoms with E-state index in [0.29, 0.717) is 10.9 Å². The Hall–Kier alpha value is -1.63. The van der Waals surface area contributed by atoms with Crippen molar-refractivity contribution in [2.45, 2.75) is 25.8 Å². The van der Waals surface area contributed by atoms with Gasteiger partial charge in [0.25, 0.3) is 0 Å². The van der Waals surface area contributed by atoms with Gasteiger partial charge in [-0.3, -0.25) is 4.79 Å². The highest BCUT2D eigenvalue weighted by Crippen LogP contribution is 2.19. The molecule has 1 rings (SSSR count). The summed E-state index contributed by atoms with van der Waals surface area (Å²) in [7, 11) is 0. The molecule has 2 amide bonds. The lowest BCUT2D eigenvalue weighted by molar-refractivity contribution is -0.137. The number of carboxylic acids is 1. The van der Waals surface area contributed by atoms with Gasteiger partial charge in [-0.1, -0.05) is 22.9 Å². The summed E-state index contributed by atoms with van der Waals surface area (Å²) in [4.78, 5) is 22.2. The molecule has 5 nitrogen and oxygen atoms in total. The van der Waals surface area contributed by atoms with Crippen LogP contribution in [0.5, 0.6) is 0 Å². The van der Waals surface area contributed by atoms with Crippen LogP contribution < -0.4 is 10.6 Å². The van der Waals surface area contributed by atoms with Gasteiger partial charge in [0.2, 0.25) is 0 Å². The third-order valence-electron chi connectivity index (χ3n) is 2.43. The van der Waals surface area contributed by atoms with Gasteiger partial charge < -0.3 is 15.7 Å². The second-order valence-electron chi connectivity index (χ2n) is 3.93. The van der Waals surface area contributed by atoms with Gasteiger partial charge in [0.1, 0.15) is 5.82 Å². The molecule has 0 saturated carbocycles. The molecule has 1 atom stereocenters. The first-order chi connectivity index (χ1) is 8.92. The van der Waals surface area contributed by atoms with Gasteiger partial charge in [0.15, 0.2) is 0 Å². The Morgan fingerprint density at radius 1 is 1.47 bits per heavy atom. The van der Waals surface area contributed by atoms with E-state index in [4.69, 9.17) is 5.11 Å². The lowest BCUT2D eigenvalue weighted by Gasteiger charge is -2.15. The Balaban J connectivity index is 2.61. The van der Waals surface area contributed by atoms with Gasteiger partial charge in [-0.25, -0.2) is 9.18 Å². The van der Waals surface area contributed by atoms with E-state index < -0.39 is 23.9 Å². The predicted molar refractivity (Wildman–Crippen MR) is 72.6 cm³/mol. The number of aliphatic carboxylic acids is 1. The molecule has 0 aromatic heterocycles. The van der Waals surface area contributed by atoms with Crippen LogP contribution in [-0.2, 0) is 4.79 Å². The number of amides is 2. The Morgan fingerprint density at radius 3 is 2.68 bits per heavy atom. The number of rotatable bonds is 5. The van der Waals surface area contributed by atoms with Crippen LogP contribution in [0, 0.1) is 5.82 Å². The number of hydrogen-bond donors (Lipinski definition) is 3. The van der Waals surface area contributed by atoms with Crippen LogP contribution in [0.2, 0.25) is 0 Å². The van der Waals surface area contributed by atoms with Gasteiger partial charge in [-0.2, -0.15) is 0 Å². The minimum absolute atomic E-state index is 0.0332. The maximum absolute atomic E-state index is 13.5. The van der Waals surface area contributed by atoms with E-state index in [1.54, 1.807) is 13.0 Å². The Labute approximate surface area is 118 Å². The predicted octanol–water partition coefficient (Wildman–Crippen LogP) is 2.96. The topological polar surface area (TPSA) is 78.4 Å². The molecule has 0 heterocycles. The molecule has 7 heteroatoms. The maximum atomic E-state index is 13.5. The van der Waals surface area contributed by atoms with Crippen molar-refractivity contribution < 1.29 is 19.1 Å². The first kappa shape index (κ1) is 15.4. The second kappa shape index (κ2) is 7.08. The molecule has 104 valence electrons. The molecular weight excluding hydrogens is 319 g/mol. The first-order valence-corrected chi connectivity index (χ1v) is 6.46. The summed E-state index contributed by atoms with van der Waals surface area (Å²) in [5.74, 6) is -1.57. The van der Waals surface area contributed by atoms with Crippen LogP contribution in [0.25, 0.3) is 0 Å². The number of hydrogen-bond acceptors (Lipinski definition) is 2. The normalized spacial score (nSPS) is 11.7. The molecular formula is C12H14BrFN2O3. The zero-order valence-corrected chi connectivity index (χ0v) is 11.8. The van der Waals surface area contributed by atoms with Crippen molar-refractivity contribution in [3.63, 3.8) is 0 Å². The highest BCUT2D eigenvalue weighted by molar-refractivity contribution is 9.10. The lowest BCUT2D eigenvalue weighted by Crippen LogP contribution is -2.39. The van der Waals surface area contributed by atoms with Gasteiger partial charge in [-0.05, 0) is 24.6 Å². The maximum Gasteiger partial charge on any atom is 0.319 e. The summed E-state index contributed by atoms with van der Waals surface area (Å²) >= 11 is 3.11. The van der Waals surface area contributed by atoms with E-state index in [1.165, 1.54) is 12.1 Å². The van der Waals surface area contributed by atoms with Crippen molar-refractivity contribution in [3.8, 4) is 0 Å². The van der Waals surface area contributed by atoms with Gasteiger partial charge in [0, 0.05) is 10.5 Å². The minimum Gasteiger partial charge on any atom is -0.481 e. The number of anilines is 1. The Bertz CT molecular complexity index is 482. The van der Waals surface area contributed by atoms with Crippen LogP contribution in [0.3, 0.4) is 0 Å². The number of carboxylic acid groups (broad SMARTS) is 1. The lowest BCUT2D eigenvalue weighted by atomic mass is 10.1. The average molecular weight is 333 g/mol.